The van der Waals surface area contributed by atoms with Gasteiger partial charge in [0.2, 0.25) is 0 Å². The zero-order valence-corrected chi connectivity index (χ0v) is 8.91. The summed E-state index contributed by atoms with van der Waals surface area (Å²) in [6.45, 7) is 1.12. The molecule has 2 heterocycles. The van der Waals surface area contributed by atoms with E-state index < -0.39 is 0 Å². The van der Waals surface area contributed by atoms with Crippen molar-refractivity contribution in [3.63, 3.8) is 0 Å². The first-order valence-corrected chi connectivity index (χ1v) is 5.92. The Morgan fingerprint density at radius 1 is 1.40 bits per heavy atom. The number of fused-ring (bicyclic) bond motifs is 1. The van der Waals surface area contributed by atoms with E-state index in [0.717, 1.165) is 24.9 Å². The smallest absolute Gasteiger partial charge is 0.126 e. The van der Waals surface area contributed by atoms with E-state index in [2.05, 4.69) is 9.55 Å². The van der Waals surface area contributed by atoms with E-state index in [0.29, 0.717) is 12.3 Å². The van der Waals surface area contributed by atoms with Crippen molar-refractivity contribution < 1.29 is 4.79 Å². The molecule has 0 N–H and O–H groups in total. The molecule has 0 amide bonds. The molecule has 3 rings (SSSR count). The molecule has 0 radical (unpaired) electrons. The van der Waals surface area contributed by atoms with Gasteiger partial charge >= 0.3 is 0 Å². The molecule has 0 spiro atoms. The Balaban J connectivity index is 2.03. The largest absolute Gasteiger partial charge is 0.332 e. The number of aromatic nitrogens is 2. The Hall–Kier alpha value is -1.12. The van der Waals surface area contributed by atoms with Gasteiger partial charge in [0.25, 0.3) is 0 Å². The molecule has 3 nitrogen and oxygen atoms in total. The summed E-state index contributed by atoms with van der Waals surface area (Å²) in [4.78, 5) is 15.3. The number of hydrogen-bond acceptors (Lipinski definition) is 2. The van der Waals surface area contributed by atoms with Crippen molar-refractivity contribution in [2.45, 2.75) is 51.0 Å². The van der Waals surface area contributed by atoms with E-state index in [-0.39, 0.29) is 0 Å². The second-order valence-corrected chi connectivity index (χ2v) is 4.62. The molecule has 1 aliphatic heterocycles. The Morgan fingerprint density at radius 3 is 3.00 bits per heavy atom. The molecule has 0 atom stereocenters. The van der Waals surface area contributed by atoms with Crippen LogP contribution in [0.4, 0.5) is 0 Å². The summed E-state index contributed by atoms with van der Waals surface area (Å²) in [5, 5.41) is 0. The summed E-state index contributed by atoms with van der Waals surface area (Å²) in [6.07, 6.45) is 7.69. The van der Waals surface area contributed by atoms with Crippen LogP contribution in [0.1, 0.15) is 48.8 Å². The Bertz CT molecular complexity index is 391. The molecule has 80 valence electrons. The monoisotopic (exact) mass is 204 g/mol. The van der Waals surface area contributed by atoms with Crippen LogP contribution in [0.3, 0.4) is 0 Å². The second-order valence-electron chi connectivity index (χ2n) is 4.62. The summed E-state index contributed by atoms with van der Waals surface area (Å²) in [6, 6.07) is 0. The maximum absolute atomic E-state index is 10.6. The maximum atomic E-state index is 10.6. The summed E-state index contributed by atoms with van der Waals surface area (Å²) >= 11 is 0. The predicted molar refractivity (Wildman–Crippen MR) is 56.9 cm³/mol. The van der Waals surface area contributed by atoms with Crippen LogP contribution in [-0.2, 0) is 24.2 Å². The lowest BCUT2D eigenvalue weighted by molar-refractivity contribution is -0.107. The molecular formula is C12H16N2O. The summed E-state index contributed by atoms with van der Waals surface area (Å²) in [5.74, 6) is 1.96. The molecule has 0 saturated heterocycles. The van der Waals surface area contributed by atoms with Crippen molar-refractivity contribution in [3.05, 3.63) is 17.2 Å². The zero-order valence-electron chi connectivity index (χ0n) is 8.91. The van der Waals surface area contributed by atoms with E-state index in [1.165, 1.54) is 37.2 Å². The molecule has 1 fully saturated rings. The third-order valence-corrected chi connectivity index (χ3v) is 3.45. The first-order valence-electron chi connectivity index (χ1n) is 5.92. The molecule has 0 aromatic carbocycles. The number of carbonyl (C=O) groups is 1. The lowest BCUT2D eigenvalue weighted by Crippen LogP contribution is -2.13. The highest BCUT2D eigenvalue weighted by Gasteiger charge is 2.31. The molecule has 2 aliphatic rings. The Morgan fingerprint density at radius 2 is 2.27 bits per heavy atom. The molecular weight excluding hydrogens is 188 g/mol. The van der Waals surface area contributed by atoms with Crippen molar-refractivity contribution in [3.8, 4) is 0 Å². The molecule has 0 unspecified atom stereocenters. The van der Waals surface area contributed by atoms with E-state index in [1.807, 2.05) is 0 Å². The first-order chi connectivity index (χ1) is 7.40. The molecule has 1 aliphatic carbocycles. The van der Waals surface area contributed by atoms with E-state index in [1.54, 1.807) is 0 Å². The number of rotatable bonds is 3. The van der Waals surface area contributed by atoms with E-state index in [4.69, 9.17) is 0 Å². The number of aldehydes is 1. The maximum Gasteiger partial charge on any atom is 0.126 e. The predicted octanol–water partition coefficient (Wildman–Crippen LogP) is 1.84. The highest BCUT2D eigenvalue weighted by Crippen LogP contribution is 2.41. The first kappa shape index (κ1) is 9.13. The lowest BCUT2D eigenvalue weighted by Gasteiger charge is -2.17. The quantitative estimate of drug-likeness (QED) is 0.704. The van der Waals surface area contributed by atoms with Gasteiger partial charge in [0, 0.05) is 24.6 Å². The van der Waals surface area contributed by atoms with Crippen molar-refractivity contribution in [2.24, 2.45) is 0 Å². The Kier molecular flexibility index (Phi) is 2.11. The standard InChI is InChI=1S/C12H16N2O/c15-8-6-10-11-3-1-2-7-14(11)12(13-10)9-4-5-9/h8-9H,1-7H2. The summed E-state index contributed by atoms with van der Waals surface area (Å²) in [5.41, 5.74) is 2.39. The van der Waals surface area contributed by atoms with Gasteiger partial charge in [-0.3, -0.25) is 0 Å². The van der Waals surface area contributed by atoms with Crippen molar-refractivity contribution in [1.82, 2.24) is 9.55 Å². The summed E-state index contributed by atoms with van der Waals surface area (Å²) < 4.78 is 2.39. The van der Waals surface area contributed by atoms with Crippen LogP contribution in [0.25, 0.3) is 0 Å². The minimum absolute atomic E-state index is 0.502. The molecule has 0 bridgehead atoms. The molecule has 1 saturated carbocycles. The van der Waals surface area contributed by atoms with Gasteiger partial charge in [0.15, 0.2) is 0 Å². The van der Waals surface area contributed by atoms with Crippen LogP contribution >= 0.6 is 0 Å². The van der Waals surface area contributed by atoms with Crippen LogP contribution in [0.15, 0.2) is 0 Å². The zero-order chi connectivity index (χ0) is 10.3. The van der Waals surface area contributed by atoms with Gasteiger partial charge in [-0.05, 0) is 32.1 Å². The fourth-order valence-corrected chi connectivity index (χ4v) is 2.54. The normalized spacial score (nSPS) is 20.0. The van der Waals surface area contributed by atoms with Crippen LogP contribution in [0.2, 0.25) is 0 Å². The molecule has 1 aromatic rings. The molecule has 15 heavy (non-hydrogen) atoms. The summed E-state index contributed by atoms with van der Waals surface area (Å²) in [7, 11) is 0. The number of imidazole rings is 1. The third kappa shape index (κ3) is 1.50. The second kappa shape index (κ2) is 3.47. The topological polar surface area (TPSA) is 34.9 Å². The lowest BCUT2D eigenvalue weighted by atomic mass is 10.1. The van der Waals surface area contributed by atoms with Crippen molar-refractivity contribution >= 4 is 6.29 Å². The minimum Gasteiger partial charge on any atom is -0.332 e. The van der Waals surface area contributed by atoms with Crippen molar-refractivity contribution in [1.29, 1.82) is 0 Å². The van der Waals surface area contributed by atoms with Gasteiger partial charge in [-0.1, -0.05) is 0 Å². The average Bonchev–Trinajstić information content (AvgIpc) is 3.04. The molecule has 3 heteroatoms. The average molecular weight is 204 g/mol. The van der Waals surface area contributed by atoms with Crippen LogP contribution < -0.4 is 0 Å². The van der Waals surface area contributed by atoms with Gasteiger partial charge in [-0.25, -0.2) is 4.98 Å². The van der Waals surface area contributed by atoms with Gasteiger partial charge in [-0.15, -0.1) is 0 Å². The number of carbonyl (C=O) groups excluding carboxylic acids is 1. The van der Waals surface area contributed by atoms with Gasteiger partial charge in [0.1, 0.15) is 12.1 Å². The highest BCUT2D eigenvalue weighted by molar-refractivity contribution is 5.54. The van der Waals surface area contributed by atoms with Crippen molar-refractivity contribution in [2.75, 3.05) is 0 Å². The van der Waals surface area contributed by atoms with E-state index >= 15 is 0 Å². The SMILES string of the molecule is O=CCc1nc(C2CC2)n2c1CCCC2. The van der Waals surface area contributed by atoms with Gasteiger partial charge in [0.05, 0.1) is 5.69 Å². The van der Waals surface area contributed by atoms with Crippen LogP contribution in [0.5, 0.6) is 0 Å². The van der Waals surface area contributed by atoms with E-state index in [9.17, 15) is 4.79 Å². The number of hydrogen-bond donors (Lipinski definition) is 0. The third-order valence-electron chi connectivity index (χ3n) is 3.45. The fraction of sp³-hybridized carbons (Fsp3) is 0.667. The number of nitrogens with zero attached hydrogens (tertiary/aromatic N) is 2. The minimum atomic E-state index is 0.502. The van der Waals surface area contributed by atoms with Crippen LogP contribution in [-0.4, -0.2) is 15.8 Å². The van der Waals surface area contributed by atoms with Crippen LogP contribution in [0, 0.1) is 0 Å². The molecule has 1 aromatic heterocycles. The highest BCUT2D eigenvalue weighted by atomic mass is 16.1. The Labute approximate surface area is 89.5 Å². The van der Waals surface area contributed by atoms with Gasteiger partial charge in [-0.2, -0.15) is 0 Å². The van der Waals surface area contributed by atoms with Gasteiger partial charge < -0.3 is 9.36 Å². The fourth-order valence-electron chi connectivity index (χ4n) is 2.54.